The Hall–Kier alpha value is -0.353. The molecular weight excluding hydrogens is 208 g/mol. The first-order chi connectivity index (χ1) is 6.81. The van der Waals surface area contributed by atoms with E-state index < -0.39 is 8.07 Å². The summed E-state index contributed by atoms with van der Waals surface area (Å²) in [6.07, 6.45) is 1.35. The Morgan fingerprint density at radius 3 is 2.20 bits per heavy atom. The van der Waals surface area contributed by atoms with E-state index >= 15 is 0 Å². The minimum absolute atomic E-state index is 0.0695. The third-order valence-corrected chi connectivity index (χ3v) is 4.77. The lowest BCUT2D eigenvalue weighted by molar-refractivity contribution is -0.146. The van der Waals surface area contributed by atoms with E-state index in [1.807, 2.05) is 6.92 Å². The van der Waals surface area contributed by atoms with E-state index in [1.165, 1.54) is 0 Å². The normalized spacial score (nSPS) is 15.9. The first-order valence-electron chi connectivity index (χ1n) is 5.68. The maximum atomic E-state index is 11.3. The van der Waals surface area contributed by atoms with Crippen molar-refractivity contribution in [3.8, 4) is 0 Å². The van der Waals surface area contributed by atoms with Gasteiger partial charge in [0, 0.05) is 12.8 Å². The van der Waals surface area contributed by atoms with E-state index in [4.69, 9.17) is 4.74 Å². The zero-order valence-electron chi connectivity index (χ0n) is 10.5. The van der Waals surface area contributed by atoms with Gasteiger partial charge < -0.3 is 9.84 Å². The van der Waals surface area contributed by atoms with Gasteiger partial charge in [0.05, 0.1) is 19.9 Å². The Balaban J connectivity index is 4.39. The van der Waals surface area contributed by atoms with Gasteiger partial charge in [-0.05, 0) is 6.42 Å². The van der Waals surface area contributed by atoms with Gasteiger partial charge in [-0.1, -0.05) is 33.5 Å². The SMILES string of the molecule is CCC(=O)O[C@H](C[C@@H](O)CC)[Si](C)(C)C. The van der Waals surface area contributed by atoms with Gasteiger partial charge in [0.25, 0.3) is 0 Å². The van der Waals surface area contributed by atoms with Crippen molar-refractivity contribution in [1.29, 1.82) is 0 Å². The van der Waals surface area contributed by atoms with Gasteiger partial charge in [0.2, 0.25) is 0 Å². The number of hydrogen-bond donors (Lipinski definition) is 1. The molecule has 0 aromatic carbocycles. The number of carbonyl (C=O) groups is 1. The van der Waals surface area contributed by atoms with Gasteiger partial charge in [-0.2, -0.15) is 0 Å². The second-order valence-electron chi connectivity index (χ2n) is 5.00. The van der Waals surface area contributed by atoms with Crippen molar-refractivity contribution in [3.05, 3.63) is 0 Å². The lowest BCUT2D eigenvalue weighted by atomic mass is 10.2. The fraction of sp³-hybridized carbons (Fsp3) is 0.909. The highest BCUT2D eigenvalue weighted by Gasteiger charge is 2.31. The van der Waals surface area contributed by atoms with Crippen molar-refractivity contribution >= 4 is 14.0 Å². The lowest BCUT2D eigenvalue weighted by Gasteiger charge is -2.30. The Kier molecular flexibility index (Phi) is 6.13. The average Bonchev–Trinajstić information content (AvgIpc) is 2.14. The molecule has 15 heavy (non-hydrogen) atoms. The third-order valence-electron chi connectivity index (χ3n) is 2.49. The largest absolute Gasteiger partial charge is 0.466 e. The van der Waals surface area contributed by atoms with E-state index in [9.17, 15) is 9.90 Å². The molecule has 0 radical (unpaired) electrons. The summed E-state index contributed by atoms with van der Waals surface area (Å²) in [5.74, 6) is -0.161. The number of aliphatic hydroxyl groups excluding tert-OH is 1. The van der Waals surface area contributed by atoms with Crippen LogP contribution in [0.25, 0.3) is 0 Å². The van der Waals surface area contributed by atoms with Crippen molar-refractivity contribution in [2.75, 3.05) is 0 Å². The van der Waals surface area contributed by atoms with Crippen molar-refractivity contribution in [3.63, 3.8) is 0 Å². The third kappa shape index (κ3) is 5.94. The van der Waals surface area contributed by atoms with Crippen LogP contribution in [0.2, 0.25) is 19.6 Å². The Morgan fingerprint density at radius 1 is 1.33 bits per heavy atom. The van der Waals surface area contributed by atoms with Crippen LogP contribution in [0, 0.1) is 0 Å². The van der Waals surface area contributed by atoms with E-state index in [1.54, 1.807) is 6.92 Å². The number of carbonyl (C=O) groups excluding carboxylic acids is 1. The zero-order valence-corrected chi connectivity index (χ0v) is 11.5. The molecule has 0 bridgehead atoms. The number of rotatable bonds is 6. The number of ether oxygens (including phenoxy) is 1. The summed E-state index contributed by atoms with van der Waals surface area (Å²) in [6, 6.07) is 0. The molecule has 0 spiro atoms. The van der Waals surface area contributed by atoms with Crippen molar-refractivity contribution in [2.24, 2.45) is 0 Å². The molecule has 90 valence electrons. The van der Waals surface area contributed by atoms with Crippen molar-refractivity contribution < 1.29 is 14.6 Å². The Morgan fingerprint density at radius 2 is 1.87 bits per heavy atom. The molecule has 0 aromatic heterocycles. The van der Waals surface area contributed by atoms with Crippen LogP contribution in [0.15, 0.2) is 0 Å². The van der Waals surface area contributed by atoms with Gasteiger partial charge in [0.15, 0.2) is 0 Å². The second kappa shape index (κ2) is 6.28. The summed E-state index contributed by atoms with van der Waals surface area (Å²) >= 11 is 0. The standard InChI is InChI=1S/C11H24O3Si/c1-6-9(12)8-11(15(3,4)5)14-10(13)7-2/h9,11-12H,6-8H2,1-5H3/t9-,11-/m0/s1. The monoisotopic (exact) mass is 232 g/mol. The smallest absolute Gasteiger partial charge is 0.305 e. The number of aliphatic hydroxyl groups is 1. The molecule has 0 aromatic rings. The molecule has 0 unspecified atom stereocenters. The molecule has 0 heterocycles. The summed E-state index contributed by atoms with van der Waals surface area (Å²) in [7, 11) is -1.55. The first-order valence-corrected chi connectivity index (χ1v) is 9.26. The minimum Gasteiger partial charge on any atom is -0.466 e. The summed E-state index contributed by atoms with van der Waals surface area (Å²) in [5.41, 5.74) is -0.0695. The van der Waals surface area contributed by atoms with E-state index in [0.717, 1.165) is 0 Å². The Labute approximate surface area is 93.8 Å². The van der Waals surface area contributed by atoms with Crippen LogP contribution in [-0.2, 0) is 9.53 Å². The number of esters is 1. The van der Waals surface area contributed by atoms with E-state index in [-0.39, 0.29) is 17.8 Å². The van der Waals surface area contributed by atoms with Crippen molar-refractivity contribution in [2.45, 2.75) is 64.6 Å². The predicted molar refractivity (Wildman–Crippen MR) is 64.4 cm³/mol. The predicted octanol–water partition coefficient (Wildman–Crippen LogP) is 2.35. The van der Waals surface area contributed by atoms with Gasteiger partial charge in [-0.25, -0.2) is 0 Å². The summed E-state index contributed by atoms with van der Waals surface area (Å²) in [5, 5.41) is 9.61. The van der Waals surface area contributed by atoms with Gasteiger partial charge >= 0.3 is 5.97 Å². The van der Waals surface area contributed by atoms with Gasteiger partial charge in [0.1, 0.15) is 0 Å². The molecule has 0 aliphatic rings. The molecule has 0 rings (SSSR count). The summed E-state index contributed by atoms with van der Waals surface area (Å²) in [6.45, 7) is 10.2. The zero-order chi connectivity index (χ0) is 12.1. The van der Waals surface area contributed by atoms with Crippen molar-refractivity contribution in [1.82, 2.24) is 0 Å². The van der Waals surface area contributed by atoms with E-state index in [2.05, 4.69) is 19.6 Å². The highest BCUT2D eigenvalue weighted by Crippen LogP contribution is 2.18. The highest BCUT2D eigenvalue weighted by molar-refractivity contribution is 6.77. The number of hydrogen-bond acceptors (Lipinski definition) is 3. The molecule has 0 aliphatic heterocycles. The van der Waals surface area contributed by atoms with Crippen LogP contribution in [-0.4, -0.2) is 31.0 Å². The molecule has 2 atom stereocenters. The summed E-state index contributed by atoms with van der Waals surface area (Å²) in [4.78, 5) is 11.3. The van der Waals surface area contributed by atoms with Crippen LogP contribution in [0.5, 0.6) is 0 Å². The molecule has 0 amide bonds. The Bertz CT molecular complexity index is 198. The molecule has 0 saturated carbocycles. The fourth-order valence-electron chi connectivity index (χ4n) is 1.23. The molecule has 3 nitrogen and oxygen atoms in total. The highest BCUT2D eigenvalue weighted by atomic mass is 28.3. The topological polar surface area (TPSA) is 46.5 Å². The quantitative estimate of drug-likeness (QED) is 0.565. The first kappa shape index (κ1) is 14.6. The molecule has 0 fully saturated rings. The molecule has 1 N–H and O–H groups in total. The lowest BCUT2D eigenvalue weighted by Crippen LogP contribution is -2.43. The maximum absolute atomic E-state index is 11.3. The molecule has 4 heteroatoms. The van der Waals surface area contributed by atoms with E-state index in [0.29, 0.717) is 19.3 Å². The summed E-state index contributed by atoms with van der Waals surface area (Å²) < 4.78 is 5.40. The molecule has 0 aliphatic carbocycles. The van der Waals surface area contributed by atoms with Gasteiger partial charge in [-0.15, -0.1) is 0 Å². The molecular formula is C11H24O3Si. The average molecular weight is 232 g/mol. The van der Waals surface area contributed by atoms with Crippen LogP contribution in [0.4, 0.5) is 0 Å². The van der Waals surface area contributed by atoms with Crippen LogP contribution < -0.4 is 0 Å². The second-order valence-corrected chi connectivity index (χ2v) is 10.4. The minimum atomic E-state index is -1.55. The fourth-order valence-corrected chi connectivity index (χ4v) is 2.70. The van der Waals surface area contributed by atoms with Gasteiger partial charge in [-0.3, -0.25) is 4.79 Å². The van der Waals surface area contributed by atoms with Crippen LogP contribution in [0.1, 0.15) is 33.1 Å². The maximum Gasteiger partial charge on any atom is 0.305 e. The molecule has 0 saturated heterocycles. The van der Waals surface area contributed by atoms with Crippen LogP contribution in [0.3, 0.4) is 0 Å². The van der Waals surface area contributed by atoms with Crippen LogP contribution >= 0.6 is 0 Å².